The summed E-state index contributed by atoms with van der Waals surface area (Å²) in [6, 6.07) is 6.03. The van der Waals surface area contributed by atoms with Gasteiger partial charge < -0.3 is 9.88 Å². The van der Waals surface area contributed by atoms with Crippen LogP contribution < -0.4 is 5.32 Å². The summed E-state index contributed by atoms with van der Waals surface area (Å²) in [5.41, 5.74) is 3.02. The second kappa shape index (κ2) is 5.55. The minimum absolute atomic E-state index is 0.101. The van der Waals surface area contributed by atoms with Crippen molar-refractivity contribution in [3.63, 3.8) is 0 Å². The number of hydrogen-bond acceptors (Lipinski definition) is 1. The van der Waals surface area contributed by atoms with Gasteiger partial charge in [-0.15, -0.1) is 0 Å². The lowest BCUT2D eigenvalue weighted by Gasteiger charge is -2.13. The van der Waals surface area contributed by atoms with Gasteiger partial charge >= 0.3 is 0 Å². The Morgan fingerprint density at radius 3 is 2.59 bits per heavy atom. The maximum atomic E-state index is 13.4. The summed E-state index contributed by atoms with van der Waals surface area (Å²) >= 11 is 0. The van der Waals surface area contributed by atoms with Gasteiger partial charge in [-0.3, -0.25) is 4.79 Å². The monoisotopic (exact) mass is 304 g/mol. The molecule has 2 aromatic rings. The Morgan fingerprint density at radius 1 is 1.23 bits per heavy atom. The van der Waals surface area contributed by atoms with Gasteiger partial charge in [0.15, 0.2) is 11.6 Å². The smallest absolute Gasteiger partial charge is 0.268 e. The van der Waals surface area contributed by atoms with Crippen molar-refractivity contribution in [1.82, 2.24) is 9.88 Å². The Labute approximate surface area is 127 Å². The summed E-state index contributed by atoms with van der Waals surface area (Å²) in [6.45, 7) is 4.13. The third-order valence-electron chi connectivity index (χ3n) is 3.95. The van der Waals surface area contributed by atoms with Gasteiger partial charge in [-0.25, -0.2) is 8.78 Å². The van der Waals surface area contributed by atoms with Crippen LogP contribution in [0.4, 0.5) is 8.78 Å². The van der Waals surface area contributed by atoms with Gasteiger partial charge in [0, 0.05) is 18.3 Å². The largest absolute Gasteiger partial charge is 0.348 e. The van der Waals surface area contributed by atoms with Crippen LogP contribution >= 0.6 is 0 Å². The number of rotatable bonds is 4. The number of hydrogen-bond donors (Lipinski definition) is 1. The van der Waals surface area contributed by atoms with E-state index in [9.17, 15) is 13.6 Å². The highest BCUT2D eigenvalue weighted by Gasteiger charge is 2.26. The first-order valence-electron chi connectivity index (χ1n) is 7.37. The number of aromatic nitrogens is 1. The molecule has 3 nitrogen and oxygen atoms in total. The first kappa shape index (κ1) is 14.8. The molecule has 0 radical (unpaired) electrons. The summed E-state index contributed by atoms with van der Waals surface area (Å²) < 4.78 is 28.2. The molecule has 5 heteroatoms. The molecule has 1 saturated carbocycles. The molecular weight excluding hydrogens is 286 g/mol. The SMILES string of the molecule is Cc1cc(C)n(Cc2ccc(F)c(F)c2)c1C(=O)NC1CC1. The maximum Gasteiger partial charge on any atom is 0.268 e. The molecule has 1 aliphatic carbocycles. The highest BCUT2D eigenvalue weighted by Crippen LogP contribution is 2.22. The molecular formula is C17H18F2N2O. The zero-order valence-corrected chi connectivity index (χ0v) is 12.6. The lowest BCUT2D eigenvalue weighted by Crippen LogP contribution is -2.28. The highest BCUT2D eigenvalue weighted by molar-refractivity contribution is 5.94. The molecule has 1 amide bonds. The number of carbonyl (C=O) groups excluding carboxylic acids is 1. The van der Waals surface area contributed by atoms with Crippen molar-refractivity contribution >= 4 is 5.91 Å². The van der Waals surface area contributed by atoms with E-state index in [0.29, 0.717) is 17.8 Å². The van der Waals surface area contributed by atoms with E-state index >= 15 is 0 Å². The second-order valence-electron chi connectivity index (χ2n) is 5.90. The Hall–Kier alpha value is -2.17. The molecule has 0 aliphatic heterocycles. The number of nitrogens with zero attached hydrogens (tertiary/aromatic N) is 1. The molecule has 0 bridgehead atoms. The second-order valence-corrected chi connectivity index (χ2v) is 5.90. The van der Waals surface area contributed by atoms with Crippen molar-refractivity contribution < 1.29 is 13.6 Å². The van der Waals surface area contributed by atoms with E-state index in [1.54, 1.807) is 0 Å². The number of aryl methyl sites for hydroxylation is 2. The molecule has 1 aromatic heterocycles. The predicted molar refractivity (Wildman–Crippen MR) is 79.9 cm³/mol. The van der Waals surface area contributed by atoms with Crippen molar-refractivity contribution in [1.29, 1.82) is 0 Å². The number of benzene rings is 1. The molecule has 1 heterocycles. The summed E-state index contributed by atoms with van der Waals surface area (Å²) in [7, 11) is 0. The van der Waals surface area contributed by atoms with E-state index < -0.39 is 11.6 Å². The molecule has 1 fully saturated rings. The van der Waals surface area contributed by atoms with Crippen LogP contribution in [-0.4, -0.2) is 16.5 Å². The van der Waals surface area contributed by atoms with Crippen LogP contribution in [0, 0.1) is 25.5 Å². The van der Waals surface area contributed by atoms with Crippen molar-refractivity contribution in [3.8, 4) is 0 Å². The zero-order chi connectivity index (χ0) is 15.9. The predicted octanol–water partition coefficient (Wildman–Crippen LogP) is 3.32. The fraction of sp³-hybridized carbons (Fsp3) is 0.353. The van der Waals surface area contributed by atoms with Crippen LogP contribution in [0.1, 0.15) is 40.2 Å². The topological polar surface area (TPSA) is 34.0 Å². The molecule has 0 spiro atoms. The average Bonchev–Trinajstić information content (AvgIpc) is 3.21. The molecule has 0 unspecified atom stereocenters. The van der Waals surface area contributed by atoms with Gasteiger partial charge in [-0.05, 0) is 56.0 Å². The molecule has 1 N–H and O–H groups in total. The normalized spacial score (nSPS) is 14.2. The first-order chi connectivity index (χ1) is 10.5. The number of amides is 1. The van der Waals surface area contributed by atoms with E-state index in [1.807, 2.05) is 24.5 Å². The quantitative estimate of drug-likeness (QED) is 0.923. The van der Waals surface area contributed by atoms with E-state index in [0.717, 1.165) is 30.2 Å². The minimum atomic E-state index is -0.872. The van der Waals surface area contributed by atoms with E-state index in [1.165, 1.54) is 12.1 Å². The van der Waals surface area contributed by atoms with Crippen LogP contribution in [0.25, 0.3) is 0 Å². The van der Waals surface area contributed by atoms with Gasteiger partial charge in [0.1, 0.15) is 5.69 Å². The summed E-state index contributed by atoms with van der Waals surface area (Å²) in [4.78, 5) is 12.4. The zero-order valence-electron chi connectivity index (χ0n) is 12.6. The van der Waals surface area contributed by atoms with Gasteiger partial charge in [-0.1, -0.05) is 6.07 Å². The van der Waals surface area contributed by atoms with Gasteiger partial charge in [0.2, 0.25) is 0 Å². The van der Waals surface area contributed by atoms with E-state index in [2.05, 4.69) is 5.32 Å². The van der Waals surface area contributed by atoms with E-state index in [-0.39, 0.29) is 11.9 Å². The van der Waals surface area contributed by atoms with Crippen molar-refractivity contribution in [2.75, 3.05) is 0 Å². The van der Waals surface area contributed by atoms with Crippen LogP contribution in [-0.2, 0) is 6.54 Å². The summed E-state index contributed by atoms with van der Waals surface area (Å²) in [5, 5.41) is 2.98. The maximum absolute atomic E-state index is 13.4. The molecule has 22 heavy (non-hydrogen) atoms. The molecule has 0 atom stereocenters. The average molecular weight is 304 g/mol. The standard InChI is InChI=1S/C17H18F2N2O/c1-10-7-11(2)21(16(10)17(22)20-13-4-5-13)9-12-3-6-14(18)15(19)8-12/h3,6-8,13H,4-5,9H2,1-2H3,(H,20,22). The summed E-state index contributed by atoms with van der Waals surface area (Å²) in [5.74, 6) is -1.84. The number of nitrogens with one attached hydrogen (secondary N) is 1. The highest BCUT2D eigenvalue weighted by atomic mass is 19.2. The molecule has 1 aliphatic rings. The van der Waals surface area contributed by atoms with Crippen molar-refractivity contribution in [3.05, 3.63) is 58.4 Å². The van der Waals surface area contributed by atoms with Crippen LogP contribution in [0.5, 0.6) is 0 Å². The lowest BCUT2D eigenvalue weighted by atomic mass is 10.2. The number of halogens is 2. The van der Waals surface area contributed by atoms with Crippen molar-refractivity contribution in [2.24, 2.45) is 0 Å². The lowest BCUT2D eigenvalue weighted by molar-refractivity contribution is 0.0941. The first-order valence-corrected chi connectivity index (χ1v) is 7.37. The Bertz CT molecular complexity index is 733. The third-order valence-corrected chi connectivity index (χ3v) is 3.95. The Kier molecular flexibility index (Phi) is 3.72. The molecule has 0 saturated heterocycles. The van der Waals surface area contributed by atoms with E-state index in [4.69, 9.17) is 0 Å². The fourth-order valence-corrected chi connectivity index (χ4v) is 2.66. The van der Waals surface area contributed by atoms with Gasteiger partial charge in [0.05, 0.1) is 0 Å². The third kappa shape index (κ3) is 2.89. The van der Waals surface area contributed by atoms with Crippen molar-refractivity contribution in [2.45, 2.75) is 39.3 Å². The summed E-state index contributed by atoms with van der Waals surface area (Å²) in [6.07, 6.45) is 2.04. The molecule has 3 rings (SSSR count). The number of carbonyl (C=O) groups is 1. The van der Waals surface area contributed by atoms with Gasteiger partial charge in [-0.2, -0.15) is 0 Å². The van der Waals surface area contributed by atoms with Crippen LogP contribution in [0.15, 0.2) is 24.3 Å². The fourth-order valence-electron chi connectivity index (χ4n) is 2.66. The Balaban J connectivity index is 1.91. The van der Waals surface area contributed by atoms with Gasteiger partial charge in [0.25, 0.3) is 5.91 Å². The molecule has 1 aromatic carbocycles. The van der Waals surface area contributed by atoms with Crippen LogP contribution in [0.3, 0.4) is 0 Å². The Morgan fingerprint density at radius 2 is 1.95 bits per heavy atom. The van der Waals surface area contributed by atoms with Crippen LogP contribution in [0.2, 0.25) is 0 Å². The minimum Gasteiger partial charge on any atom is -0.348 e. The molecule has 116 valence electrons.